The van der Waals surface area contributed by atoms with Crippen LogP contribution in [0.25, 0.3) is 0 Å². The van der Waals surface area contributed by atoms with Gasteiger partial charge in [-0.3, -0.25) is 10.1 Å². The summed E-state index contributed by atoms with van der Waals surface area (Å²) in [5, 5.41) is 4.53. The summed E-state index contributed by atoms with van der Waals surface area (Å²) >= 11 is 16.9. The van der Waals surface area contributed by atoms with Gasteiger partial charge in [0.2, 0.25) is 0 Å². The highest BCUT2D eigenvalue weighted by molar-refractivity contribution is 9.10. The van der Waals surface area contributed by atoms with Crippen molar-refractivity contribution in [2.24, 2.45) is 0 Å². The quantitative estimate of drug-likeness (QED) is 0.492. The van der Waals surface area contributed by atoms with E-state index in [0.717, 1.165) is 14.9 Å². The number of nitrogens with one attached hydrogen (secondary N) is 1. The molecule has 0 aliphatic heterocycles. The van der Waals surface area contributed by atoms with E-state index >= 15 is 0 Å². The molecule has 3 rings (SSSR count). The zero-order valence-corrected chi connectivity index (χ0v) is 17.3. The van der Waals surface area contributed by atoms with Crippen LogP contribution >= 0.6 is 50.5 Å². The van der Waals surface area contributed by atoms with E-state index in [4.69, 9.17) is 27.9 Å². The molecule has 134 valence electrons. The van der Waals surface area contributed by atoms with Crippen LogP contribution in [-0.2, 0) is 11.2 Å². The Kier molecular flexibility index (Phi) is 6.53. The van der Waals surface area contributed by atoms with Gasteiger partial charge < -0.3 is 4.74 Å². The molecule has 1 aromatic heterocycles. The molecule has 0 atom stereocenters. The van der Waals surface area contributed by atoms with Gasteiger partial charge in [-0.15, -0.1) is 11.3 Å². The van der Waals surface area contributed by atoms with E-state index in [2.05, 4.69) is 26.2 Å². The Bertz CT molecular complexity index is 916. The van der Waals surface area contributed by atoms with Crippen LogP contribution in [0, 0.1) is 0 Å². The first-order valence-corrected chi connectivity index (χ1v) is 9.93. The number of anilines is 1. The first-order valence-electron chi connectivity index (χ1n) is 7.56. The Balaban J connectivity index is 1.55. The summed E-state index contributed by atoms with van der Waals surface area (Å²) in [5.74, 6) is 0.355. The Morgan fingerprint density at radius 1 is 1.19 bits per heavy atom. The molecule has 0 spiro atoms. The van der Waals surface area contributed by atoms with Crippen molar-refractivity contribution >= 4 is 61.5 Å². The van der Waals surface area contributed by atoms with Crippen LogP contribution in [-0.4, -0.2) is 17.5 Å². The standard InChI is InChI=1S/C18H13BrCl2N2O2S/c19-12-1-4-14(5-2-12)25-10-17(24)23-18-22-9-15(26-18)8-11-7-13(20)3-6-16(11)21/h1-7,9H,8,10H2,(H,22,23,24). The molecule has 8 heteroatoms. The monoisotopic (exact) mass is 470 g/mol. The number of nitrogens with zero attached hydrogens (tertiary/aromatic N) is 1. The molecule has 3 aromatic rings. The number of carbonyl (C=O) groups excluding carboxylic acids is 1. The molecule has 0 radical (unpaired) electrons. The second-order valence-corrected chi connectivity index (χ2v) is 8.21. The van der Waals surface area contributed by atoms with Crippen molar-refractivity contribution in [2.45, 2.75) is 6.42 Å². The van der Waals surface area contributed by atoms with E-state index in [-0.39, 0.29) is 12.5 Å². The number of hydrogen-bond acceptors (Lipinski definition) is 4. The highest BCUT2D eigenvalue weighted by Crippen LogP contribution is 2.27. The molecular formula is C18H13BrCl2N2O2S. The minimum Gasteiger partial charge on any atom is -0.484 e. The Hall–Kier alpha value is -1.60. The van der Waals surface area contributed by atoms with E-state index < -0.39 is 0 Å². The lowest BCUT2D eigenvalue weighted by Gasteiger charge is -2.05. The number of thiazole rings is 1. The highest BCUT2D eigenvalue weighted by Gasteiger charge is 2.10. The van der Waals surface area contributed by atoms with Crippen LogP contribution in [0.15, 0.2) is 53.1 Å². The fourth-order valence-corrected chi connectivity index (χ4v) is 3.64. The maximum absolute atomic E-state index is 12.0. The third-order valence-corrected chi connectivity index (χ3v) is 5.40. The summed E-state index contributed by atoms with van der Waals surface area (Å²) in [6.07, 6.45) is 2.31. The molecule has 1 amide bonds. The number of amides is 1. The van der Waals surface area contributed by atoms with Crippen LogP contribution in [0.2, 0.25) is 10.0 Å². The van der Waals surface area contributed by atoms with E-state index in [1.165, 1.54) is 11.3 Å². The number of benzene rings is 2. The van der Waals surface area contributed by atoms with Crippen molar-refractivity contribution in [3.63, 3.8) is 0 Å². The summed E-state index contributed by atoms with van der Waals surface area (Å²) in [6, 6.07) is 12.6. The molecule has 1 heterocycles. The lowest BCUT2D eigenvalue weighted by atomic mass is 10.1. The van der Waals surface area contributed by atoms with Gasteiger partial charge in [-0.1, -0.05) is 39.1 Å². The van der Waals surface area contributed by atoms with Gasteiger partial charge >= 0.3 is 0 Å². The molecule has 0 saturated carbocycles. The molecule has 26 heavy (non-hydrogen) atoms. The molecule has 0 unspecified atom stereocenters. The van der Waals surface area contributed by atoms with Crippen molar-refractivity contribution in [2.75, 3.05) is 11.9 Å². The Labute approximate surface area is 173 Å². The number of rotatable bonds is 6. The van der Waals surface area contributed by atoms with Gasteiger partial charge in [0.25, 0.3) is 5.91 Å². The van der Waals surface area contributed by atoms with Crippen molar-refractivity contribution in [1.82, 2.24) is 4.98 Å². The summed E-state index contributed by atoms with van der Waals surface area (Å²) < 4.78 is 6.39. The molecular weight excluding hydrogens is 459 g/mol. The van der Waals surface area contributed by atoms with Gasteiger partial charge in [0, 0.05) is 32.0 Å². The maximum atomic E-state index is 12.0. The molecule has 0 aliphatic carbocycles. The summed E-state index contributed by atoms with van der Waals surface area (Å²) in [7, 11) is 0. The highest BCUT2D eigenvalue weighted by atomic mass is 79.9. The van der Waals surface area contributed by atoms with Gasteiger partial charge in [0.15, 0.2) is 11.7 Å². The van der Waals surface area contributed by atoms with Crippen LogP contribution in [0.4, 0.5) is 5.13 Å². The average molecular weight is 472 g/mol. The smallest absolute Gasteiger partial charge is 0.264 e. The second-order valence-electron chi connectivity index (χ2n) is 5.34. The predicted molar refractivity (Wildman–Crippen MR) is 110 cm³/mol. The largest absolute Gasteiger partial charge is 0.484 e. The van der Waals surface area contributed by atoms with Crippen molar-refractivity contribution < 1.29 is 9.53 Å². The van der Waals surface area contributed by atoms with Crippen LogP contribution in [0.5, 0.6) is 5.75 Å². The number of carbonyl (C=O) groups is 1. The summed E-state index contributed by atoms with van der Waals surface area (Å²) in [6.45, 7) is -0.0866. The van der Waals surface area contributed by atoms with Crippen molar-refractivity contribution in [3.8, 4) is 5.75 Å². The van der Waals surface area contributed by atoms with Gasteiger partial charge in [-0.2, -0.15) is 0 Å². The van der Waals surface area contributed by atoms with E-state index in [9.17, 15) is 4.79 Å². The molecule has 0 bridgehead atoms. The zero-order chi connectivity index (χ0) is 18.5. The number of ether oxygens (including phenoxy) is 1. The van der Waals surface area contributed by atoms with Gasteiger partial charge in [0.05, 0.1) is 0 Å². The molecule has 0 aliphatic rings. The van der Waals surface area contributed by atoms with Crippen LogP contribution in [0.1, 0.15) is 10.4 Å². The summed E-state index contributed by atoms with van der Waals surface area (Å²) in [5.41, 5.74) is 0.916. The van der Waals surface area contributed by atoms with E-state index in [1.807, 2.05) is 18.2 Å². The first kappa shape index (κ1) is 19.2. The fraction of sp³-hybridized carbons (Fsp3) is 0.111. The second kappa shape index (κ2) is 8.86. The van der Waals surface area contributed by atoms with Gasteiger partial charge in [0.1, 0.15) is 5.75 Å². The summed E-state index contributed by atoms with van der Waals surface area (Å²) in [4.78, 5) is 17.2. The average Bonchev–Trinajstić information content (AvgIpc) is 3.04. The predicted octanol–water partition coefficient (Wildman–Crippen LogP) is 5.82. The molecule has 0 fully saturated rings. The molecule has 2 aromatic carbocycles. The van der Waals surface area contributed by atoms with Crippen molar-refractivity contribution in [3.05, 3.63) is 73.6 Å². The van der Waals surface area contributed by atoms with E-state index in [0.29, 0.717) is 27.3 Å². The third kappa shape index (κ3) is 5.45. The topological polar surface area (TPSA) is 51.2 Å². The lowest BCUT2D eigenvalue weighted by Crippen LogP contribution is -2.19. The molecule has 1 N–H and O–H groups in total. The SMILES string of the molecule is O=C(COc1ccc(Br)cc1)Nc1ncc(Cc2cc(Cl)ccc2Cl)s1. The maximum Gasteiger partial charge on any atom is 0.264 e. The van der Waals surface area contributed by atoms with Crippen LogP contribution in [0.3, 0.4) is 0 Å². The van der Waals surface area contributed by atoms with Gasteiger partial charge in [-0.05, 0) is 48.0 Å². The normalized spacial score (nSPS) is 10.6. The van der Waals surface area contributed by atoms with E-state index in [1.54, 1.807) is 30.5 Å². The molecule has 0 saturated heterocycles. The number of hydrogen-bond donors (Lipinski definition) is 1. The first-order chi connectivity index (χ1) is 12.5. The van der Waals surface area contributed by atoms with Crippen molar-refractivity contribution in [1.29, 1.82) is 0 Å². The minimum atomic E-state index is -0.269. The van der Waals surface area contributed by atoms with Gasteiger partial charge in [-0.25, -0.2) is 4.98 Å². The van der Waals surface area contributed by atoms with Crippen LogP contribution < -0.4 is 10.1 Å². The Morgan fingerprint density at radius 3 is 2.73 bits per heavy atom. The third-order valence-electron chi connectivity index (χ3n) is 3.36. The minimum absolute atomic E-state index is 0.0866. The molecule has 4 nitrogen and oxygen atoms in total. The number of aromatic nitrogens is 1. The fourth-order valence-electron chi connectivity index (χ4n) is 2.15. The number of halogens is 3. The lowest BCUT2D eigenvalue weighted by molar-refractivity contribution is -0.118. The zero-order valence-electron chi connectivity index (χ0n) is 13.3. The Morgan fingerprint density at radius 2 is 1.96 bits per heavy atom.